The fourth-order valence-electron chi connectivity index (χ4n) is 3.37. The van der Waals surface area contributed by atoms with Crippen LogP contribution in [0.2, 0.25) is 0 Å². The molecular formula is C19H28O11. The van der Waals surface area contributed by atoms with E-state index in [0.717, 1.165) is 0 Å². The lowest BCUT2D eigenvalue weighted by Gasteiger charge is -2.45. The van der Waals surface area contributed by atoms with Gasteiger partial charge in [0, 0.05) is 0 Å². The van der Waals surface area contributed by atoms with Crippen LogP contribution < -0.4 is 9.47 Å². The van der Waals surface area contributed by atoms with Gasteiger partial charge in [-0.25, -0.2) is 0 Å². The summed E-state index contributed by atoms with van der Waals surface area (Å²) in [5.41, 5.74) is 0. The Balaban J connectivity index is 1.80. The Morgan fingerprint density at radius 3 is 2.03 bits per heavy atom. The Bertz CT molecular complexity index is 671. The van der Waals surface area contributed by atoms with Gasteiger partial charge in [0.25, 0.3) is 0 Å². The van der Waals surface area contributed by atoms with Gasteiger partial charge in [-0.15, -0.1) is 0 Å². The first-order chi connectivity index (χ1) is 14.3. The molecule has 2 fully saturated rings. The molecule has 0 unspecified atom stereocenters. The Kier molecular flexibility index (Phi) is 7.50. The summed E-state index contributed by atoms with van der Waals surface area (Å²) in [5, 5.41) is 60.2. The van der Waals surface area contributed by atoms with E-state index in [4.69, 9.17) is 23.7 Å². The molecular weight excluding hydrogens is 404 g/mol. The maximum Gasteiger partial charge on any atom is 0.229 e. The Morgan fingerprint density at radius 1 is 0.800 bits per heavy atom. The molecule has 2 heterocycles. The first kappa shape index (κ1) is 23.1. The normalized spacial score (nSPS) is 42.0. The van der Waals surface area contributed by atoms with Crippen molar-refractivity contribution in [1.82, 2.24) is 0 Å². The average molecular weight is 432 g/mol. The molecule has 170 valence electrons. The van der Waals surface area contributed by atoms with Gasteiger partial charge in [0.15, 0.2) is 12.4 Å². The third-order valence-corrected chi connectivity index (χ3v) is 5.24. The van der Waals surface area contributed by atoms with Gasteiger partial charge in [0.2, 0.25) is 6.29 Å². The molecule has 0 saturated carbocycles. The highest BCUT2D eigenvalue weighted by Gasteiger charge is 2.50. The van der Waals surface area contributed by atoms with E-state index < -0.39 is 68.0 Å². The van der Waals surface area contributed by atoms with Gasteiger partial charge < -0.3 is 54.3 Å². The summed E-state index contributed by atoms with van der Waals surface area (Å²) in [6.07, 6.45) is -13.7. The predicted octanol–water partition coefficient (Wildman–Crippen LogP) is -2.27. The van der Waals surface area contributed by atoms with Crippen LogP contribution in [0.5, 0.6) is 11.5 Å². The van der Waals surface area contributed by atoms with Crippen LogP contribution in [0.3, 0.4) is 0 Å². The summed E-state index contributed by atoms with van der Waals surface area (Å²) >= 11 is 0. The molecule has 0 aliphatic carbocycles. The van der Waals surface area contributed by atoms with Crippen molar-refractivity contribution in [2.24, 2.45) is 0 Å². The van der Waals surface area contributed by atoms with Crippen LogP contribution in [0.1, 0.15) is 6.92 Å². The van der Waals surface area contributed by atoms with Gasteiger partial charge in [-0.3, -0.25) is 0 Å². The second kappa shape index (κ2) is 9.73. The molecule has 10 atom stereocenters. The van der Waals surface area contributed by atoms with Gasteiger partial charge in [0.05, 0.1) is 19.8 Å². The maximum absolute atomic E-state index is 10.6. The lowest BCUT2D eigenvalue weighted by molar-refractivity contribution is -0.354. The SMILES string of the molecule is COc1ccc(O[C@H]2O[C@H](CO)[C@@H](O)[C@H](O)[C@@H]2O[C@H]2O[C@@H](C)[C@@H](O)[C@@H](O)[C@@H]2O)cc1. The minimum absolute atomic E-state index is 0.323. The van der Waals surface area contributed by atoms with Crippen molar-refractivity contribution >= 4 is 0 Å². The van der Waals surface area contributed by atoms with Crippen molar-refractivity contribution in [2.45, 2.75) is 68.3 Å². The number of hydrogen-bond acceptors (Lipinski definition) is 11. The van der Waals surface area contributed by atoms with E-state index in [1.54, 1.807) is 24.3 Å². The fraction of sp³-hybridized carbons (Fsp3) is 0.684. The Morgan fingerprint density at radius 2 is 1.43 bits per heavy atom. The number of aliphatic hydroxyl groups excluding tert-OH is 6. The third kappa shape index (κ3) is 4.69. The second-order valence-electron chi connectivity index (χ2n) is 7.28. The molecule has 2 aliphatic heterocycles. The van der Waals surface area contributed by atoms with Gasteiger partial charge in [-0.2, -0.15) is 0 Å². The molecule has 1 aromatic carbocycles. The molecule has 0 bridgehead atoms. The second-order valence-corrected chi connectivity index (χ2v) is 7.28. The van der Waals surface area contributed by atoms with Crippen LogP contribution in [0.15, 0.2) is 24.3 Å². The molecule has 30 heavy (non-hydrogen) atoms. The zero-order valence-electron chi connectivity index (χ0n) is 16.5. The van der Waals surface area contributed by atoms with E-state index in [9.17, 15) is 30.6 Å². The van der Waals surface area contributed by atoms with E-state index in [0.29, 0.717) is 11.5 Å². The van der Waals surface area contributed by atoms with Crippen molar-refractivity contribution in [3.63, 3.8) is 0 Å². The predicted molar refractivity (Wildman–Crippen MR) is 98.6 cm³/mol. The first-order valence-electron chi connectivity index (χ1n) is 9.55. The quantitative estimate of drug-likeness (QED) is 0.287. The molecule has 0 amide bonds. The summed E-state index contributed by atoms with van der Waals surface area (Å²) in [4.78, 5) is 0. The molecule has 2 saturated heterocycles. The molecule has 0 aromatic heterocycles. The fourth-order valence-corrected chi connectivity index (χ4v) is 3.37. The molecule has 1 aromatic rings. The average Bonchev–Trinajstić information content (AvgIpc) is 2.75. The van der Waals surface area contributed by atoms with Crippen molar-refractivity contribution in [1.29, 1.82) is 0 Å². The van der Waals surface area contributed by atoms with E-state index in [1.165, 1.54) is 14.0 Å². The Hall–Kier alpha value is -1.54. The summed E-state index contributed by atoms with van der Waals surface area (Å²) < 4.78 is 27.4. The zero-order chi connectivity index (χ0) is 22.0. The highest BCUT2D eigenvalue weighted by molar-refractivity contribution is 5.31. The van der Waals surface area contributed by atoms with Gasteiger partial charge in [-0.1, -0.05) is 0 Å². The molecule has 0 spiro atoms. The molecule has 11 nitrogen and oxygen atoms in total. The van der Waals surface area contributed by atoms with Crippen LogP contribution in [0.25, 0.3) is 0 Å². The lowest BCUT2D eigenvalue weighted by Crippen LogP contribution is -2.64. The van der Waals surface area contributed by atoms with E-state index >= 15 is 0 Å². The molecule has 6 N–H and O–H groups in total. The van der Waals surface area contributed by atoms with Crippen LogP contribution >= 0.6 is 0 Å². The molecule has 3 rings (SSSR count). The molecule has 0 radical (unpaired) electrons. The lowest BCUT2D eigenvalue weighted by atomic mass is 9.97. The van der Waals surface area contributed by atoms with Crippen molar-refractivity contribution in [2.75, 3.05) is 13.7 Å². The highest BCUT2D eigenvalue weighted by Crippen LogP contribution is 2.30. The first-order valence-corrected chi connectivity index (χ1v) is 9.55. The Labute approximate surface area is 172 Å². The van der Waals surface area contributed by atoms with Gasteiger partial charge >= 0.3 is 0 Å². The number of ether oxygens (including phenoxy) is 5. The van der Waals surface area contributed by atoms with Crippen molar-refractivity contribution < 1.29 is 54.3 Å². The van der Waals surface area contributed by atoms with Crippen LogP contribution in [0, 0.1) is 0 Å². The molecule has 2 aliphatic rings. The summed E-state index contributed by atoms with van der Waals surface area (Å²) in [6.45, 7) is 0.893. The number of rotatable bonds is 6. The summed E-state index contributed by atoms with van der Waals surface area (Å²) in [6, 6.07) is 6.43. The summed E-state index contributed by atoms with van der Waals surface area (Å²) in [5.74, 6) is 0.910. The number of hydrogen-bond donors (Lipinski definition) is 6. The van der Waals surface area contributed by atoms with E-state index in [-0.39, 0.29) is 0 Å². The monoisotopic (exact) mass is 432 g/mol. The van der Waals surface area contributed by atoms with Gasteiger partial charge in [-0.05, 0) is 31.2 Å². The highest BCUT2D eigenvalue weighted by atomic mass is 16.8. The number of aliphatic hydroxyl groups is 6. The van der Waals surface area contributed by atoms with Crippen LogP contribution in [-0.2, 0) is 14.2 Å². The topological polar surface area (TPSA) is 168 Å². The van der Waals surface area contributed by atoms with Gasteiger partial charge in [0.1, 0.15) is 48.1 Å². The molecule has 11 heteroatoms. The van der Waals surface area contributed by atoms with E-state index in [1.807, 2.05) is 0 Å². The minimum atomic E-state index is -1.63. The largest absolute Gasteiger partial charge is 0.497 e. The summed E-state index contributed by atoms with van der Waals surface area (Å²) in [7, 11) is 1.51. The minimum Gasteiger partial charge on any atom is -0.497 e. The van der Waals surface area contributed by atoms with Crippen LogP contribution in [0.4, 0.5) is 0 Å². The number of benzene rings is 1. The van der Waals surface area contributed by atoms with Crippen LogP contribution in [-0.4, -0.2) is 106 Å². The van der Waals surface area contributed by atoms with Crippen molar-refractivity contribution in [3.05, 3.63) is 24.3 Å². The third-order valence-electron chi connectivity index (χ3n) is 5.24. The standard InChI is InChI=1S/C19H28O11/c1-8-12(21)14(23)16(25)18(27-8)30-17-15(24)13(22)11(7-20)29-19(17)28-10-5-3-9(26-2)4-6-10/h3-6,8,11-25H,7H2,1-2H3/t8-,11+,12+,13+,14+,15-,16-,17-,18+,19-/m0/s1. The zero-order valence-corrected chi connectivity index (χ0v) is 16.5. The van der Waals surface area contributed by atoms with Crippen molar-refractivity contribution in [3.8, 4) is 11.5 Å². The number of methoxy groups -OCH3 is 1. The maximum atomic E-state index is 10.6. The smallest absolute Gasteiger partial charge is 0.229 e. The van der Waals surface area contributed by atoms with E-state index in [2.05, 4.69) is 0 Å².